The highest BCUT2D eigenvalue weighted by molar-refractivity contribution is 7.92. The second-order valence-corrected chi connectivity index (χ2v) is 7.99. The molecule has 2 aromatic rings. The molecule has 0 aromatic heterocycles. The SMILES string of the molecule is CC[C@@H](C(=O)Nc1ccc(C)cc1C)N(c1ccccc1)S(C)(=O)=O. The highest BCUT2D eigenvalue weighted by atomic mass is 32.2. The topological polar surface area (TPSA) is 66.5 Å². The van der Waals surface area contributed by atoms with E-state index in [1.54, 1.807) is 37.3 Å². The van der Waals surface area contributed by atoms with Gasteiger partial charge in [-0.2, -0.15) is 0 Å². The molecule has 0 heterocycles. The zero-order chi connectivity index (χ0) is 18.6. The van der Waals surface area contributed by atoms with Crippen molar-refractivity contribution < 1.29 is 13.2 Å². The first-order valence-electron chi connectivity index (χ1n) is 8.16. The van der Waals surface area contributed by atoms with Crippen LogP contribution < -0.4 is 9.62 Å². The van der Waals surface area contributed by atoms with Gasteiger partial charge in [0.25, 0.3) is 0 Å². The average Bonchev–Trinajstić information content (AvgIpc) is 2.54. The molecule has 0 radical (unpaired) electrons. The lowest BCUT2D eigenvalue weighted by atomic mass is 10.1. The standard InChI is InChI=1S/C19H24N2O3S/c1-5-18(19(22)20-17-12-11-14(2)13-15(17)3)21(25(4,23)24)16-9-7-6-8-10-16/h6-13,18H,5H2,1-4H3,(H,20,22)/t18-/m0/s1. The lowest BCUT2D eigenvalue weighted by Crippen LogP contribution is -2.47. The van der Waals surface area contributed by atoms with Crippen molar-refractivity contribution in [1.82, 2.24) is 0 Å². The molecule has 0 fully saturated rings. The molecule has 6 heteroatoms. The molecule has 1 amide bonds. The molecule has 0 unspecified atom stereocenters. The number of hydrogen-bond donors (Lipinski definition) is 1. The van der Waals surface area contributed by atoms with Crippen LogP contribution in [0.1, 0.15) is 24.5 Å². The first kappa shape index (κ1) is 19.0. The summed E-state index contributed by atoms with van der Waals surface area (Å²) < 4.78 is 25.9. The molecule has 1 N–H and O–H groups in total. The number of anilines is 2. The Morgan fingerprint density at radius 3 is 2.28 bits per heavy atom. The van der Waals surface area contributed by atoms with Crippen molar-refractivity contribution in [2.24, 2.45) is 0 Å². The summed E-state index contributed by atoms with van der Waals surface area (Å²) in [4.78, 5) is 12.8. The van der Waals surface area contributed by atoms with E-state index in [9.17, 15) is 13.2 Å². The fourth-order valence-electron chi connectivity index (χ4n) is 2.81. The largest absolute Gasteiger partial charge is 0.324 e. The third-order valence-electron chi connectivity index (χ3n) is 3.98. The van der Waals surface area contributed by atoms with Crippen molar-refractivity contribution in [3.05, 3.63) is 59.7 Å². The number of nitrogens with one attached hydrogen (secondary N) is 1. The Bertz CT molecular complexity index is 848. The van der Waals surface area contributed by atoms with E-state index < -0.39 is 16.1 Å². The highest BCUT2D eigenvalue weighted by Crippen LogP contribution is 2.24. The highest BCUT2D eigenvalue weighted by Gasteiger charge is 2.31. The summed E-state index contributed by atoms with van der Waals surface area (Å²) in [6, 6.07) is 13.6. The Labute approximate surface area is 149 Å². The van der Waals surface area contributed by atoms with Crippen LogP contribution in [0.3, 0.4) is 0 Å². The van der Waals surface area contributed by atoms with Crippen molar-refractivity contribution in [1.29, 1.82) is 0 Å². The van der Waals surface area contributed by atoms with E-state index in [1.165, 1.54) is 4.31 Å². The van der Waals surface area contributed by atoms with Gasteiger partial charge in [0.1, 0.15) is 6.04 Å². The van der Waals surface area contributed by atoms with E-state index in [1.807, 2.05) is 32.0 Å². The van der Waals surface area contributed by atoms with Crippen LogP contribution in [0.15, 0.2) is 48.5 Å². The van der Waals surface area contributed by atoms with Crippen LogP contribution >= 0.6 is 0 Å². The van der Waals surface area contributed by atoms with Gasteiger partial charge < -0.3 is 5.32 Å². The summed E-state index contributed by atoms with van der Waals surface area (Å²) in [5.74, 6) is -0.344. The summed E-state index contributed by atoms with van der Waals surface area (Å²) in [6.07, 6.45) is 1.48. The Hall–Kier alpha value is -2.34. The van der Waals surface area contributed by atoms with Gasteiger partial charge in [-0.3, -0.25) is 9.10 Å². The minimum atomic E-state index is -3.61. The number of sulfonamides is 1. The molecule has 0 saturated heterocycles. The second-order valence-electron chi connectivity index (χ2n) is 6.13. The van der Waals surface area contributed by atoms with E-state index in [4.69, 9.17) is 0 Å². The van der Waals surface area contributed by atoms with Crippen molar-refractivity contribution in [2.45, 2.75) is 33.2 Å². The van der Waals surface area contributed by atoms with Crippen molar-refractivity contribution in [3.8, 4) is 0 Å². The van der Waals surface area contributed by atoms with Gasteiger partial charge in [-0.05, 0) is 44.0 Å². The fourth-order valence-corrected chi connectivity index (χ4v) is 4.02. The Morgan fingerprint density at radius 1 is 1.12 bits per heavy atom. The van der Waals surface area contributed by atoms with Gasteiger partial charge >= 0.3 is 0 Å². The quantitative estimate of drug-likeness (QED) is 0.857. The number of aryl methyl sites for hydroxylation is 2. The first-order valence-corrected chi connectivity index (χ1v) is 10.0. The molecular formula is C19H24N2O3S. The summed E-state index contributed by atoms with van der Waals surface area (Å²) in [5, 5.41) is 2.87. The summed E-state index contributed by atoms with van der Waals surface area (Å²) in [5.41, 5.74) is 3.21. The molecule has 0 spiro atoms. The number of para-hydroxylation sites is 1. The molecule has 5 nitrogen and oxygen atoms in total. The molecule has 0 aliphatic heterocycles. The lowest BCUT2D eigenvalue weighted by molar-refractivity contribution is -0.117. The number of rotatable bonds is 6. The van der Waals surface area contributed by atoms with Crippen LogP contribution in [0.25, 0.3) is 0 Å². The molecule has 0 saturated carbocycles. The normalized spacial score (nSPS) is 12.5. The molecule has 0 bridgehead atoms. The van der Waals surface area contributed by atoms with Gasteiger partial charge in [-0.15, -0.1) is 0 Å². The third-order valence-corrected chi connectivity index (χ3v) is 5.16. The molecule has 0 aliphatic carbocycles. The number of amides is 1. The minimum absolute atomic E-state index is 0.344. The average molecular weight is 360 g/mol. The zero-order valence-corrected chi connectivity index (χ0v) is 15.8. The van der Waals surface area contributed by atoms with Crippen molar-refractivity contribution in [3.63, 3.8) is 0 Å². The molecule has 2 rings (SSSR count). The number of nitrogens with zero attached hydrogens (tertiary/aromatic N) is 1. The first-order chi connectivity index (χ1) is 11.7. The summed E-state index contributed by atoms with van der Waals surface area (Å²) in [6.45, 7) is 5.69. The number of carbonyl (C=O) groups is 1. The zero-order valence-electron chi connectivity index (χ0n) is 15.0. The summed E-state index contributed by atoms with van der Waals surface area (Å²) in [7, 11) is -3.61. The molecule has 134 valence electrons. The Balaban J connectivity index is 2.36. The van der Waals surface area contributed by atoms with Crippen molar-refractivity contribution in [2.75, 3.05) is 15.9 Å². The maximum Gasteiger partial charge on any atom is 0.248 e. The summed E-state index contributed by atoms with van der Waals surface area (Å²) >= 11 is 0. The molecule has 25 heavy (non-hydrogen) atoms. The van der Waals surface area contributed by atoms with Crippen LogP contribution in [0.4, 0.5) is 11.4 Å². The van der Waals surface area contributed by atoms with Crippen LogP contribution in [-0.2, 0) is 14.8 Å². The predicted molar refractivity (Wildman–Crippen MR) is 102 cm³/mol. The van der Waals surface area contributed by atoms with Gasteiger partial charge in [-0.25, -0.2) is 8.42 Å². The maximum atomic E-state index is 12.8. The van der Waals surface area contributed by atoms with Crippen LogP contribution in [-0.4, -0.2) is 26.6 Å². The van der Waals surface area contributed by atoms with Crippen LogP contribution in [0, 0.1) is 13.8 Å². The molecule has 2 aromatic carbocycles. The van der Waals surface area contributed by atoms with Gasteiger partial charge in [0.05, 0.1) is 11.9 Å². The molecule has 0 aliphatic rings. The smallest absolute Gasteiger partial charge is 0.248 e. The minimum Gasteiger partial charge on any atom is -0.324 e. The van der Waals surface area contributed by atoms with Gasteiger partial charge in [0, 0.05) is 5.69 Å². The molecular weight excluding hydrogens is 336 g/mol. The van der Waals surface area contributed by atoms with Gasteiger partial charge in [0.15, 0.2) is 0 Å². The van der Waals surface area contributed by atoms with E-state index in [0.29, 0.717) is 17.8 Å². The fraction of sp³-hybridized carbons (Fsp3) is 0.316. The Morgan fingerprint density at radius 2 is 1.76 bits per heavy atom. The molecule has 1 atom stereocenters. The number of benzene rings is 2. The number of hydrogen-bond acceptors (Lipinski definition) is 3. The number of carbonyl (C=O) groups excluding carboxylic acids is 1. The van der Waals surface area contributed by atoms with E-state index in [-0.39, 0.29) is 5.91 Å². The van der Waals surface area contributed by atoms with E-state index in [2.05, 4.69) is 5.32 Å². The second kappa shape index (κ2) is 7.70. The lowest BCUT2D eigenvalue weighted by Gasteiger charge is -2.30. The van der Waals surface area contributed by atoms with Crippen LogP contribution in [0.5, 0.6) is 0 Å². The van der Waals surface area contributed by atoms with Crippen LogP contribution in [0.2, 0.25) is 0 Å². The predicted octanol–water partition coefficient (Wildman–Crippen LogP) is 3.49. The van der Waals surface area contributed by atoms with Gasteiger partial charge in [-0.1, -0.05) is 42.8 Å². The van der Waals surface area contributed by atoms with E-state index >= 15 is 0 Å². The monoisotopic (exact) mass is 360 g/mol. The third kappa shape index (κ3) is 4.60. The Kier molecular flexibility index (Phi) is 5.85. The maximum absolute atomic E-state index is 12.8. The van der Waals surface area contributed by atoms with Crippen molar-refractivity contribution >= 4 is 27.3 Å². The van der Waals surface area contributed by atoms with Gasteiger partial charge in [0.2, 0.25) is 15.9 Å². The van der Waals surface area contributed by atoms with E-state index in [0.717, 1.165) is 17.4 Å².